The smallest absolute Gasteiger partial charge is 0.321 e. The predicted octanol–water partition coefficient (Wildman–Crippen LogP) is 0.877. The van der Waals surface area contributed by atoms with Gasteiger partial charge in [0.15, 0.2) is 0 Å². The molecular weight excluding hydrogens is 401 g/mol. The normalized spacial score (nSPS) is 11.7. The van der Waals surface area contributed by atoms with Crippen LogP contribution in [0.25, 0.3) is 0 Å². The summed E-state index contributed by atoms with van der Waals surface area (Å²) in [5.41, 5.74) is 0.776. The number of carboxylic acids is 1. The van der Waals surface area contributed by atoms with Crippen LogP contribution in [-0.4, -0.2) is 98.9 Å². The molecule has 27 heavy (non-hydrogen) atoms. The van der Waals surface area contributed by atoms with E-state index in [2.05, 4.69) is 9.97 Å². The van der Waals surface area contributed by atoms with Crippen molar-refractivity contribution < 1.29 is 28.8 Å². The Kier molecular flexibility index (Phi) is 19.3. The average Bonchev–Trinajstić information content (AvgIpc) is 3.11. The molecule has 0 fully saturated rings. The lowest BCUT2D eigenvalue weighted by Crippen LogP contribution is -2.46. The minimum absolute atomic E-state index is 0. The molecule has 0 unspecified atom stereocenters. The highest BCUT2D eigenvalue weighted by molar-refractivity contribution is 5.85. The lowest BCUT2D eigenvalue weighted by Gasteiger charge is -2.28. The molecule has 2 N–H and O–H groups in total. The number of ether oxygens (including phenoxy) is 4. The molecule has 1 atom stereocenters. The van der Waals surface area contributed by atoms with Crippen molar-refractivity contribution in [2.75, 3.05) is 67.0 Å². The first-order valence-corrected chi connectivity index (χ1v) is 8.26. The van der Waals surface area contributed by atoms with Crippen molar-refractivity contribution >= 4 is 30.8 Å². The van der Waals surface area contributed by atoms with E-state index in [-0.39, 0.29) is 24.8 Å². The highest BCUT2D eigenvalue weighted by Gasteiger charge is 2.26. The van der Waals surface area contributed by atoms with E-state index in [9.17, 15) is 9.90 Å². The van der Waals surface area contributed by atoms with Crippen LogP contribution in [0.3, 0.4) is 0 Å². The molecule has 1 rings (SSSR count). The molecule has 0 saturated heterocycles. The number of aliphatic carboxylic acids is 1. The Morgan fingerprint density at radius 2 is 1.63 bits per heavy atom. The molecule has 0 aliphatic heterocycles. The van der Waals surface area contributed by atoms with Crippen LogP contribution in [0.4, 0.5) is 0 Å². The van der Waals surface area contributed by atoms with Gasteiger partial charge in [-0.2, -0.15) is 0 Å². The highest BCUT2D eigenvalue weighted by atomic mass is 35.5. The molecule has 0 radical (unpaired) electrons. The highest BCUT2D eigenvalue weighted by Crippen LogP contribution is 2.08. The number of nitrogens with one attached hydrogen (secondary N) is 1. The summed E-state index contributed by atoms with van der Waals surface area (Å²) in [5, 5.41) is 9.63. The summed E-state index contributed by atoms with van der Waals surface area (Å²) in [6, 6.07) is -0.683. The van der Waals surface area contributed by atoms with E-state index in [1.165, 1.54) is 0 Å². The number of methoxy groups -OCH3 is 2. The van der Waals surface area contributed by atoms with Gasteiger partial charge in [-0.3, -0.25) is 9.69 Å². The summed E-state index contributed by atoms with van der Waals surface area (Å²) in [6.07, 6.45) is 3.52. The minimum atomic E-state index is -0.886. The number of aromatic nitrogens is 2. The van der Waals surface area contributed by atoms with E-state index in [4.69, 9.17) is 18.9 Å². The van der Waals surface area contributed by atoms with Gasteiger partial charge in [0.1, 0.15) is 6.04 Å². The molecule has 0 bridgehead atoms. The molecule has 0 spiro atoms. The fourth-order valence-corrected chi connectivity index (χ4v) is 2.25. The van der Waals surface area contributed by atoms with Crippen molar-refractivity contribution in [3.8, 4) is 0 Å². The maximum atomic E-state index is 11.7. The third kappa shape index (κ3) is 13.0. The Morgan fingerprint density at radius 1 is 1.07 bits per heavy atom. The fraction of sp³-hybridized carbons (Fsp3) is 0.750. The molecule has 9 nitrogen and oxygen atoms in total. The van der Waals surface area contributed by atoms with Crippen LogP contribution >= 0.6 is 24.8 Å². The fourth-order valence-electron chi connectivity index (χ4n) is 2.25. The largest absolute Gasteiger partial charge is 0.480 e. The number of imidazole rings is 1. The number of aromatic amines is 1. The van der Waals surface area contributed by atoms with E-state index in [0.29, 0.717) is 59.2 Å². The standard InChI is InChI=1S/C16H29N3O6.2ClH/c1-22-7-9-24-5-3-19(4-6-25-10-8-23-2)15(16(20)21)11-14-12-17-13-18-14;;/h12-13,15H,3-11H2,1-2H3,(H,17,18)(H,20,21);2*1H/t15-;;/m0../s1. The first-order chi connectivity index (χ1) is 12.2. The number of halogens is 2. The Morgan fingerprint density at radius 3 is 2.04 bits per heavy atom. The van der Waals surface area contributed by atoms with Gasteiger partial charge in [-0.05, 0) is 0 Å². The summed E-state index contributed by atoms with van der Waals surface area (Å²) >= 11 is 0. The maximum Gasteiger partial charge on any atom is 0.321 e. The summed E-state index contributed by atoms with van der Waals surface area (Å²) in [7, 11) is 3.22. The van der Waals surface area contributed by atoms with Gasteiger partial charge in [-0.25, -0.2) is 4.98 Å². The second-order valence-electron chi connectivity index (χ2n) is 5.38. The lowest BCUT2D eigenvalue weighted by molar-refractivity contribution is -0.144. The number of hydrogen-bond acceptors (Lipinski definition) is 7. The molecule has 0 saturated carbocycles. The van der Waals surface area contributed by atoms with E-state index in [1.54, 1.807) is 26.7 Å². The van der Waals surface area contributed by atoms with Gasteiger partial charge in [-0.15, -0.1) is 24.8 Å². The molecule has 160 valence electrons. The Hall–Kier alpha value is -0.940. The van der Waals surface area contributed by atoms with Crippen LogP contribution in [0.1, 0.15) is 5.69 Å². The summed E-state index contributed by atoms with van der Waals surface area (Å²) in [4.78, 5) is 20.5. The van der Waals surface area contributed by atoms with E-state index < -0.39 is 12.0 Å². The first kappa shape index (κ1) is 28.3. The third-order valence-electron chi connectivity index (χ3n) is 3.60. The van der Waals surface area contributed by atoms with Crippen molar-refractivity contribution in [1.29, 1.82) is 0 Å². The van der Waals surface area contributed by atoms with E-state index in [0.717, 1.165) is 5.69 Å². The molecule has 0 aromatic carbocycles. The zero-order valence-corrected chi connectivity index (χ0v) is 17.4. The van der Waals surface area contributed by atoms with Crippen LogP contribution in [0, 0.1) is 0 Å². The first-order valence-electron chi connectivity index (χ1n) is 8.26. The van der Waals surface area contributed by atoms with Gasteiger partial charge in [0.2, 0.25) is 0 Å². The van der Waals surface area contributed by atoms with Crippen LogP contribution in [0.2, 0.25) is 0 Å². The number of carbonyl (C=O) groups is 1. The van der Waals surface area contributed by atoms with Crippen molar-refractivity contribution in [3.05, 3.63) is 18.2 Å². The molecule has 0 aliphatic rings. The summed E-state index contributed by atoms with van der Waals surface area (Å²) in [6.45, 7) is 3.81. The number of H-pyrrole nitrogens is 1. The quantitative estimate of drug-likeness (QED) is 0.371. The van der Waals surface area contributed by atoms with Gasteiger partial charge < -0.3 is 29.0 Å². The molecular formula is C16H31Cl2N3O6. The Labute approximate surface area is 172 Å². The van der Waals surface area contributed by atoms with Crippen LogP contribution in [0.15, 0.2) is 12.5 Å². The topological polar surface area (TPSA) is 106 Å². The van der Waals surface area contributed by atoms with Crippen molar-refractivity contribution in [3.63, 3.8) is 0 Å². The average molecular weight is 432 g/mol. The zero-order chi connectivity index (χ0) is 18.3. The summed E-state index contributed by atoms with van der Waals surface area (Å²) in [5.74, 6) is -0.886. The van der Waals surface area contributed by atoms with E-state index >= 15 is 0 Å². The summed E-state index contributed by atoms with van der Waals surface area (Å²) < 4.78 is 20.8. The lowest BCUT2D eigenvalue weighted by atomic mass is 10.1. The number of rotatable bonds is 16. The van der Waals surface area contributed by atoms with Crippen molar-refractivity contribution in [2.24, 2.45) is 0 Å². The number of hydrogen-bond donors (Lipinski definition) is 2. The second-order valence-corrected chi connectivity index (χ2v) is 5.38. The third-order valence-corrected chi connectivity index (χ3v) is 3.60. The van der Waals surface area contributed by atoms with Gasteiger partial charge in [0.25, 0.3) is 0 Å². The van der Waals surface area contributed by atoms with Gasteiger partial charge in [-0.1, -0.05) is 0 Å². The van der Waals surface area contributed by atoms with Crippen molar-refractivity contribution in [2.45, 2.75) is 12.5 Å². The molecule has 0 aliphatic carbocycles. The monoisotopic (exact) mass is 431 g/mol. The second kappa shape index (κ2) is 18.4. The van der Waals surface area contributed by atoms with Crippen LogP contribution in [-0.2, 0) is 30.2 Å². The molecule has 11 heteroatoms. The molecule has 1 aromatic heterocycles. The molecule has 0 amide bonds. The van der Waals surface area contributed by atoms with Gasteiger partial charge in [0.05, 0.1) is 46.0 Å². The van der Waals surface area contributed by atoms with Crippen LogP contribution in [0.5, 0.6) is 0 Å². The van der Waals surface area contributed by atoms with Crippen LogP contribution < -0.4 is 0 Å². The molecule has 1 aromatic rings. The SMILES string of the molecule is COCCOCCN(CCOCCOC)[C@@H](Cc1cnc[nH]1)C(=O)O.Cl.Cl. The van der Waals surface area contributed by atoms with Gasteiger partial charge in [0, 0.05) is 45.6 Å². The Balaban J connectivity index is 0. The predicted molar refractivity (Wildman–Crippen MR) is 105 cm³/mol. The van der Waals surface area contributed by atoms with Crippen molar-refractivity contribution in [1.82, 2.24) is 14.9 Å². The van der Waals surface area contributed by atoms with Gasteiger partial charge >= 0.3 is 5.97 Å². The number of carboxylic acid groups (broad SMARTS) is 1. The zero-order valence-electron chi connectivity index (χ0n) is 15.8. The Bertz CT molecular complexity index is 439. The number of nitrogens with zero attached hydrogens (tertiary/aromatic N) is 2. The van der Waals surface area contributed by atoms with E-state index in [1.807, 2.05) is 4.90 Å². The minimum Gasteiger partial charge on any atom is -0.480 e. The maximum absolute atomic E-state index is 11.7. The molecule has 1 heterocycles.